The summed E-state index contributed by atoms with van der Waals surface area (Å²) in [6.07, 6.45) is 1.62. The Hall–Kier alpha value is -3.35. The fraction of sp³-hybridized carbons (Fsp3) is 0.250. The van der Waals surface area contributed by atoms with Gasteiger partial charge in [0, 0.05) is 9.49 Å². The number of anilines is 2. The van der Waals surface area contributed by atoms with Crippen molar-refractivity contribution in [3.63, 3.8) is 0 Å². The molecule has 1 N–H and O–H groups in total. The molecule has 2 heterocycles. The summed E-state index contributed by atoms with van der Waals surface area (Å²) in [6, 6.07) is 15.1. The molecule has 7 rings (SSSR count). The van der Waals surface area contributed by atoms with Crippen LogP contribution in [0.25, 0.3) is 0 Å². The second-order valence-corrected chi connectivity index (χ2v) is 13.9. The van der Waals surface area contributed by atoms with Crippen molar-refractivity contribution >= 4 is 80.8 Å². The third-order valence-electron chi connectivity index (χ3n) is 9.29. The molecule has 4 amide bonds. The van der Waals surface area contributed by atoms with Gasteiger partial charge in [-0.15, -0.1) is 23.2 Å². The zero-order valence-electron chi connectivity index (χ0n) is 22.5. The lowest BCUT2D eigenvalue weighted by Gasteiger charge is -2.50. The molecule has 3 aromatic rings. The topological polar surface area (TPSA) is 95.0 Å². The van der Waals surface area contributed by atoms with Crippen molar-refractivity contribution < 1.29 is 33.1 Å². The minimum absolute atomic E-state index is 0.0401. The number of phenols is 1. The number of hydrogen-bond donors (Lipinski definition) is 1. The molecule has 0 bridgehead atoms. The van der Waals surface area contributed by atoms with E-state index in [1.807, 2.05) is 0 Å². The number of imide groups is 2. The number of allylic oxidation sites excluding steroid dienone is 2. The van der Waals surface area contributed by atoms with Gasteiger partial charge in [-0.2, -0.15) is 0 Å². The van der Waals surface area contributed by atoms with Crippen LogP contribution in [0.5, 0.6) is 5.75 Å². The lowest BCUT2D eigenvalue weighted by molar-refractivity contribution is -0.125. The SMILES string of the molecule is O=C1C2CC=C3C(CC4(Cl)C(=O)N(c5ccc(F)cc5)C(=O)C4(Cl)C3c3ccc(O)c(F)c3)C2C(=O)N1c1ccc(I)cc1. The van der Waals surface area contributed by atoms with E-state index in [2.05, 4.69) is 22.6 Å². The Morgan fingerprint density at radius 1 is 0.818 bits per heavy atom. The standard InChI is InChI=1S/C32H21Cl2F2IN2O5/c33-31-14-22-20(10-11-21-25(22)28(42)38(27(21)41)18-8-4-17(37)5-9-18)26(15-1-12-24(40)23(36)13-15)32(31,34)30(44)39(29(31)43)19-6-2-16(35)3-7-19/h1-10,12-13,21-22,25-26,40H,11,14H2. The van der Waals surface area contributed by atoms with E-state index in [1.54, 1.807) is 30.3 Å². The molecule has 0 spiro atoms. The van der Waals surface area contributed by atoms with Crippen LogP contribution < -0.4 is 9.80 Å². The molecule has 6 unspecified atom stereocenters. The average molecular weight is 749 g/mol. The third kappa shape index (κ3) is 3.89. The predicted molar refractivity (Wildman–Crippen MR) is 166 cm³/mol. The molecular formula is C32H21Cl2F2IN2O5. The molecule has 224 valence electrons. The Labute approximate surface area is 273 Å². The molecule has 3 aromatic carbocycles. The van der Waals surface area contributed by atoms with Crippen molar-refractivity contribution in [2.45, 2.75) is 28.5 Å². The van der Waals surface area contributed by atoms with Gasteiger partial charge in [0.15, 0.2) is 21.3 Å². The van der Waals surface area contributed by atoms with E-state index in [1.165, 1.54) is 18.2 Å². The summed E-state index contributed by atoms with van der Waals surface area (Å²) < 4.78 is 29.5. The minimum atomic E-state index is -2.19. The van der Waals surface area contributed by atoms with Gasteiger partial charge in [0.1, 0.15) is 5.82 Å². The maximum absolute atomic E-state index is 14.8. The number of alkyl halides is 2. The second-order valence-electron chi connectivity index (χ2n) is 11.4. The first-order chi connectivity index (χ1) is 20.9. The number of benzene rings is 3. The van der Waals surface area contributed by atoms with Crippen molar-refractivity contribution in [3.05, 3.63) is 99.1 Å². The maximum atomic E-state index is 14.8. The summed E-state index contributed by atoms with van der Waals surface area (Å²) >= 11 is 16.6. The first-order valence-electron chi connectivity index (χ1n) is 13.7. The van der Waals surface area contributed by atoms with Gasteiger partial charge in [0.2, 0.25) is 11.8 Å². The van der Waals surface area contributed by atoms with Crippen molar-refractivity contribution in [3.8, 4) is 5.75 Å². The number of phenolic OH excluding ortho intramolecular Hbond substituents is 1. The summed E-state index contributed by atoms with van der Waals surface area (Å²) in [5, 5.41) is 9.93. The molecule has 7 nitrogen and oxygen atoms in total. The van der Waals surface area contributed by atoms with Crippen LogP contribution in [0.4, 0.5) is 20.2 Å². The summed E-state index contributed by atoms with van der Waals surface area (Å²) in [6.45, 7) is 0. The van der Waals surface area contributed by atoms with Crippen LogP contribution in [0, 0.1) is 33.0 Å². The Morgan fingerprint density at radius 2 is 1.45 bits per heavy atom. The molecule has 0 aromatic heterocycles. The van der Waals surface area contributed by atoms with Crippen LogP contribution in [0.2, 0.25) is 0 Å². The van der Waals surface area contributed by atoms with Gasteiger partial charge in [-0.05, 0) is 108 Å². The monoisotopic (exact) mass is 748 g/mol. The van der Waals surface area contributed by atoms with Crippen LogP contribution in [-0.4, -0.2) is 38.5 Å². The molecule has 1 saturated carbocycles. The average Bonchev–Trinajstić information content (AvgIpc) is 3.33. The van der Waals surface area contributed by atoms with E-state index in [9.17, 15) is 33.1 Å². The van der Waals surface area contributed by atoms with Gasteiger partial charge in [-0.25, -0.2) is 13.7 Å². The number of amides is 4. The van der Waals surface area contributed by atoms with E-state index >= 15 is 0 Å². The van der Waals surface area contributed by atoms with Crippen LogP contribution in [0.3, 0.4) is 0 Å². The quantitative estimate of drug-likeness (QED) is 0.153. The Kier molecular flexibility index (Phi) is 6.73. The molecule has 44 heavy (non-hydrogen) atoms. The van der Waals surface area contributed by atoms with E-state index in [-0.39, 0.29) is 24.1 Å². The lowest BCUT2D eigenvalue weighted by atomic mass is 9.56. The van der Waals surface area contributed by atoms with Crippen LogP contribution in [0.1, 0.15) is 24.3 Å². The summed E-state index contributed by atoms with van der Waals surface area (Å²) in [4.78, 5) is 53.8. The van der Waals surface area contributed by atoms with Crippen molar-refractivity contribution in [1.82, 2.24) is 0 Å². The highest BCUT2D eigenvalue weighted by Crippen LogP contribution is 2.66. The van der Waals surface area contributed by atoms with Crippen molar-refractivity contribution in [1.29, 1.82) is 0 Å². The molecule has 2 aliphatic carbocycles. The van der Waals surface area contributed by atoms with Gasteiger partial charge in [-0.3, -0.25) is 24.1 Å². The highest BCUT2D eigenvalue weighted by atomic mass is 127. The largest absolute Gasteiger partial charge is 0.505 e. The number of hydrogen-bond acceptors (Lipinski definition) is 5. The molecule has 12 heteroatoms. The Balaban J connectivity index is 1.40. The van der Waals surface area contributed by atoms with Crippen LogP contribution in [-0.2, 0) is 19.2 Å². The van der Waals surface area contributed by atoms with Crippen LogP contribution in [0.15, 0.2) is 78.4 Å². The fourth-order valence-corrected chi connectivity index (χ4v) is 8.61. The number of fused-ring (bicyclic) bond motifs is 4. The molecule has 6 atom stereocenters. The molecule has 3 fully saturated rings. The highest BCUT2D eigenvalue weighted by molar-refractivity contribution is 14.1. The van der Waals surface area contributed by atoms with Gasteiger partial charge in [-0.1, -0.05) is 17.7 Å². The zero-order chi connectivity index (χ0) is 31.3. The number of rotatable bonds is 3. The highest BCUT2D eigenvalue weighted by Gasteiger charge is 2.76. The Morgan fingerprint density at radius 3 is 2.11 bits per heavy atom. The number of nitrogens with zero attached hydrogens (tertiary/aromatic N) is 2. The van der Waals surface area contributed by atoms with E-state index < -0.39 is 74.4 Å². The summed E-state index contributed by atoms with van der Waals surface area (Å²) in [7, 11) is 0. The summed E-state index contributed by atoms with van der Waals surface area (Å²) in [5.41, 5.74) is 1.09. The maximum Gasteiger partial charge on any atom is 0.258 e. The molecule has 4 aliphatic rings. The van der Waals surface area contributed by atoms with E-state index in [0.29, 0.717) is 11.3 Å². The zero-order valence-corrected chi connectivity index (χ0v) is 26.2. The first kappa shape index (κ1) is 29.4. The van der Waals surface area contributed by atoms with Crippen LogP contribution >= 0.6 is 45.8 Å². The number of aromatic hydroxyl groups is 1. The molecule has 0 radical (unpaired) electrons. The van der Waals surface area contributed by atoms with Gasteiger partial charge in [0.25, 0.3) is 11.8 Å². The van der Waals surface area contributed by atoms with Gasteiger partial charge >= 0.3 is 0 Å². The normalized spacial score (nSPS) is 31.2. The number of carbonyl (C=O) groups is 4. The van der Waals surface area contributed by atoms with Crippen molar-refractivity contribution in [2.24, 2.45) is 17.8 Å². The second kappa shape index (κ2) is 10.1. The predicted octanol–water partition coefficient (Wildman–Crippen LogP) is 6.04. The third-order valence-corrected chi connectivity index (χ3v) is 11.4. The van der Waals surface area contributed by atoms with E-state index in [4.69, 9.17) is 23.2 Å². The van der Waals surface area contributed by atoms with E-state index in [0.717, 1.165) is 37.6 Å². The van der Waals surface area contributed by atoms with Gasteiger partial charge in [0.05, 0.1) is 23.2 Å². The lowest BCUT2D eigenvalue weighted by Crippen LogP contribution is -2.60. The smallest absolute Gasteiger partial charge is 0.258 e. The summed E-state index contributed by atoms with van der Waals surface area (Å²) in [5.74, 6) is -8.53. The Bertz CT molecular complexity index is 1820. The molecule has 2 saturated heterocycles. The number of carbonyl (C=O) groups excluding carboxylic acids is 4. The minimum Gasteiger partial charge on any atom is -0.505 e. The number of halogens is 5. The first-order valence-corrected chi connectivity index (χ1v) is 15.6. The fourth-order valence-electron chi connectivity index (χ4n) is 7.32. The van der Waals surface area contributed by atoms with Gasteiger partial charge < -0.3 is 5.11 Å². The molecular weight excluding hydrogens is 728 g/mol. The molecule has 2 aliphatic heterocycles. The van der Waals surface area contributed by atoms with Crippen molar-refractivity contribution in [2.75, 3.05) is 9.80 Å².